The number of amides is 1. The SMILES string of the molecule is Cn1cc(-c2cc3c(cn2)[nH]c2ncc(F)c(-c4ccc(C(=O)NCCN5CCC[C@@H]5CO)cc4)c23)cn1. The Morgan fingerprint density at radius 3 is 2.79 bits per heavy atom. The van der Waals surface area contributed by atoms with E-state index in [2.05, 4.69) is 30.3 Å². The Hall–Kier alpha value is -4.15. The lowest BCUT2D eigenvalue weighted by Crippen LogP contribution is -2.39. The molecule has 3 N–H and O–H groups in total. The number of hydrogen-bond acceptors (Lipinski definition) is 6. The number of H-pyrrole nitrogens is 1. The number of rotatable bonds is 7. The minimum Gasteiger partial charge on any atom is -0.395 e. The summed E-state index contributed by atoms with van der Waals surface area (Å²) >= 11 is 0. The number of pyridine rings is 2. The quantitative estimate of drug-likeness (QED) is 0.307. The first-order chi connectivity index (χ1) is 18.5. The van der Waals surface area contributed by atoms with Crippen molar-refractivity contribution < 1.29 is 14.3 Å². The Bertz CT molecular complexity index is 1630. The molecule has 1 aliphatic heterocycles. The van der Waals surface area contributed by atoms with E-state index in [0.717, 1.165) is 41.5 Å². The number of aliphatic hydroxyl groups excluding tert-OH is 1. The molecule has 0 radical (unpaired) electrons. The number of likely N-dealkylation sites (tertiary alicyclic amines) is 1. The van der Waals surface area contributed by atoms with Crippen LogP contribution >= 0.6 is 0 Å². The maximum atomic E-state index is 15.3. The van der Waals surface area contributed by atoms with Gasteiger partial charge in [0.2, 0.25) is 0 Å². The van der Waals surface area contributed by atoms with Crippen molar-refractivity contribution in [1.82, 2.24) is 34.9 Å². The number of carbonyl (C=O) groups is 1. The van der Waals surface area contributed by atoms with Crippen LogP contribution in [0.25, 0.3) is 44.3 Å². The van der Waals surface area contributed by atoms with E-state index < -0.39 is 5.82 Å². The minimum atomic E-state index is -0.445. The lowest BCUT2D eigenvalue weighted by molar-refractivity contribution is 0.0943. The summed E-state index contributed by atoms with van der Waals surface area (Å²) in [6, 6.07) is 9.03. The van der Waals surface area contributed by atoms with Gasteiger partial charge in [0.25, 0.3) is 5.91 Å². The van der Waals surface area contributed by atoms with E-state index in [1.807, 2.05) is 19.3 Å². The molecule has 38 heavy (non-hydrogen) atoms. The Morgan fingerprint density at radius 1 is 1.18 bits per heavy atom. The fourth-order valence-corrected chi connectivity index (χ4v) is 5.33. The van der Waals surface area contributed by atoms with Gasteiger partial charge in [0, 0.05) is 59.8 Å². The number of aryl methyl sites for hydroxylation is 1. The van der Waals surface area contributed by atoms with Crippen LogP contribution in [0.15, 0.2) is 55.1 Å². The Kier molecular flexibility index (Phi) is 6.34. The molecule has 0 spiro atoms. The van der Waals surface area contributed by atoms with E-state index in [1.165, 1.54) is 6.20 Å². The van der Waals surface area contributed by atoms with Gasteiger partial charge in [-0.25, -0.2) is 9.37 Å². The third kappa shape index (κ3) is 4.42. The zero-order valence-corrected chi connectivity index (χ0v) is 21.0. The van der Waals surface area contributed by atoms with Crippen molar-refractivity contribution in [2.24, 2.45) is 7.05 Å². The molecule has 1 atom stereocenters. The van der Waals surface area contributed by atoms with E-state index in [0.29, 0.717) is 40.8 Å². The molecular formula is C28H28FN7O2. The summed E-state index contributed by atoms with van der Waals surface area (Å²) in [7, 11) is 1.84. The predicted octanol–water partition coefficient (Wildman–Crippen LogP) is 3.50. The molecule has 0 aliphatic carbocycles. The lowest BCUT2D eigenvalue weighted by Gasteiger charge is -2.22. The standard InChI is InChI=1S/C28H28FN7O2/c1-35-15-19(12-33-35)23-11-21-24(14-31-23)34-27-26(21)25(22(29)13-32-27)17-4-6-18(7-5-17)28(38)30-8-10-36-9-2-3-20(36)16-37/h4-7,11-15,20,37H,2-3,8-10,16H2,1H3,(H,30,38)(H,32,34)/t20-/m1/s1. The van der Waals surface area contributed by atoms with Gasteiger partial charge in [-0.3, -0.25) is 19.4 Å². The monoisotopic (exact) mass is 513 g/mol. The number of nitrogens with zero attached hydrogens (tertiary/aromatic N) is 5. The fraction of sp³-hybridized carbons (Fsp3) is 0.286. The second-order valence-corrected chi connectivity index (χ2v) is 9.70. The van der Waals surface area contributed by atoms with E-state index in [4.69, 9.17) is 0 Å². The Morgan fingerprint density at radius 2 is 2.03 bits per heavy atom. The summed E-state index contributed by atoms with van der Waals surface area (Å²) in [5, 5.41) is 18.1. The van der Waals surface area contributed by atoms with Crippen LogP contribution in [-0.4, -0.2) is 72.9 Å². The van der Waals surface area contributed by atoms with Gasteiger partial charge in [0.05, 0.1) is 36.4 Å². The number of aliphatic hydroxyl groups is 1. The zero-order valence-electron chi connectivity index (χ0n) is 21.0. The summed E-state index contributed by atoms with van der Waals surface area (Å²) < 4.78 is 17.0. The van der Waals surface area contributed by atoms with E-state index in [9.17, 15) is 9.90 Å². The van der Waals surface area contributed by atoms with Gasteiger partial charge >= 0.3 is 0 Å². The van der Waals surface area contributed by atoms with Crippen LogP contribution in [0.1, 0.15) is 23.2 Å². The smallest absolute Gasteiger partial charge is 0.251 e. The maximum Gasteiger partial charge on any atom is 0.251 e. The van der Waals surface area contributed by atoms with Gasteiger partial charge in [0.15, 0.2) is 0 Å². The number of nitrogens with one attached hydrogen (secondary N) is 2. The molecule has 5 aromatic rings. The number of aromatic nitrogens is 5. The highest BCUT2D eigenvalue weighted by atomic mass is 19.1. The third-order valence-corrected chi connectivity index (χ3v) is 7.29. The Balaban J connectivity index is 1.28. The summed E-state index contributed by atoms with van der Waals surface area (Å²) in [6.45, 7) is 2.28. The molecule has 1 saturated heterocycles. The molecule has 1 aromatic carbocycles. The van der Waals surface area contributed by atoms with Crippen molar-refractivity contribution in [3.05, 3.63) is 66.5 Å². The van der Waals surface area contributed by atoms with Gasteiger partial charge in [-0.05, 0) is 43.1 Å². The van der Waals surface area contributed by atoms with E-state index >= 15 is 4.39 Å². The largest absolute Gasteiger partial charge is 0.395 e. The number of benzene rings is 1. The van der Waals surface area contributed by atoms with Gasteiger partial charge < -0.3 is 15.4 Å². The zero-order chi connectivity index (χ0) is 26.2. The molecule has 1 fully saturated rings. The number of hydrogen-bond donors (Lipinski definition) is 3. The summed E-state index contributed by atoms with van der Waals surface area (Å²) in [6.07, 6.45) is 8.60. The fourth-order valence-electron chi connectivity index (χ4n) is 5.33. The van der Waals surface area contributed by atoms with Crippen molar-refractivity contribution in [3.8, 4) is 22.4 Å². The van der Waals surface area contributed by atoms with Crippen LogP contribution in [0, 0.1) is 5.82 Å². The van der Waals surface area contributed by atoms with Gasteiger partial charge in [0.1, 0.15) is 11.5 Å². The molecule has 1 amide bonds. The third-order valence-electron chi connectivity index (χ3n) is 7.29. The van der Waals surface area contributed by atoms with Gasteiger partial charge in [-0.1, -0.05) is 12.1 Å². The minimum absolute atomic E-state index is 0.145. The molecule has 9 nitrogen and oxygen atoms in total. The topological polar surface area (TPSA) is 112 Å². The second-order valence-electron chi connectivity index (χ2n) is 9.70. The summed E-state index contributed by atoms with van der Waals surface area (Å²) in [4.78, 5) is 27.0. The predicted molar refractivity (Wildman–Crippen MR) is 143 cm³/mol. The van der Waals surface area contributed by atoms with Crippen molar-refractivity contribution in [3.63, 3.8) is 0 Å². The average Bonchev–Trinajstić information content (AvgIpc) is 3.66. The maximum absolute atomic E-state index is 15.3. The summed E-state index contributed by atoms with van der Waals surface area (Å²) in [5.74, 6) is -0.629. The van der Waals surface area contributed by atoms with Crippen molar-refractivity contribution in [2.45, 2.75) is 18.9 Å². The molecule has 194 valence electrons. The summed E-state index contributed by atoms with van der Waals surface area (Å²) in [5.41, 5.74) is 4.47. The molecule has 0 saturated carbocycles. The molecule has 4 aromatic heterocycles. The molecule has 5 heterocycles. The highest BCUT2D eigenvalue weighted by Gasteiger charge is 2.23. The van der Waals surface area contributed by atoms with Crippen molar-refractivity contribution in [2.75, 3.05) is 26.2 Å². The first-order valence-electron chi connectivity index (χ1n) is 12.7. The molecule has 6 rings (SSSR count). The highest BCUT2D eigenvalue weighted by Crippen LogP contribution is 2.36. The van der Waals surface area contributed by atoms with Crippen LogP contribution in [0.5, 0.6) is 0 Å². The number of carbonyl (C=O) groups excluding carboxylic acids is 1. The first-order valence-corrected chi connectivity index (χ1v) is 12.7. The van der Waals surface area contributed by atoms with Crippen LogP contribution in [-0.2, 0) is 7.05 Å². The lowest BCUT2D eigenvalue weighted by atomic mass is 9.99. The van der Waals surface area contributed by atoms with Crippen molar-refractivity contribution >= 4 is 27.8 Å². The molecular weight excluding hydrogens is 485 g/mol. The molecule has 1 aliphatic rings. The van der Waals surface area contributed by atoms with E-state index in [1.54, 1.807) is 41.3 Å². The van der Waals surface area contributed by atoms with Gasteiger partial charge in [-0.2, -0.15) is 5.10 Å². The normalized spacial score (nSPS) is 16.0. The number of aromatic amines is 1. The van der Waals surface area contributed by atoms with Crippen LogP contribution in [0.4, 0.5) is 4.39 Å². The van der Waals surface area contributed by atoms with Gasteiger partial charge in [-0.15, -0.1) is 0 Å². The van der Waals surface area contributed by atoms with Crippen LogP contribution in [0.3, 0.4) is 0 Å². The molecule has 0 bridgehead atoms. The highest BCUT2D eigenvalue weighted by molar-refractivity contribution is 6.13. The average molecular weight is 514 g/mol. The molecule has 10 heteroatoms. The van der Waals surface area contributed by atoms with Crippen LogP contribution < -0.4 is 5.32 Å². The number of halogens is 1. The van der Waals surface area contributed by atoms with E-state index in [-0.39, 0.29) is 18.6 Å². The van der Waals surface area contributed by atoms with Crippen LogP contribution in [0.2, 0.25) is 0 Å². The first kappa shape index (κ1) is 24.2. The second kappa shape index (κ2) is 9.96. The Labute approximate surface area is 218 Å². The number of fused-ring (bicyclic) bond motifs is 3. The molecule has 0 unspecified atom stereocenters. The van der Waals surface area contributed by atoms with Crippen molar-refractivity contribution in [1.29, 1.82) is 0 Å².